The van der Waals surface area contributed by atoms with Gasteiger partial charge in [0.1, 0.15) is 0 Å². The molecule has 0 aliphatic heterocycles. The minimum atomic E-state index is -3.00. The Balaban J connectivity index is 3.15. The summed E-state index contributed by atoms with van der Waals surface area (Å²) in [5.41, 5.74) is 0. The predicted molar refractivity (Wildman–Crippen MR) is 59.8 cm³/mol. The molecule has 0 atom stereocenters. The topological polar surface area (TPSA) is 58.2 Å². The fourth-order valence-electron chi connectivity index (χ4n) is 1.08. The molecule has 0 aromatic carbocycles. The van der Waals surface area contributed by atoms with Gasteiger partial charge in [-0.3, -0.25) is 0 Å². The minimum Gasteiger partial charge on any atom is -0.315 e. The van der Waals surface area contributed by atoms with E-state index >= 15 is 0 Å². The fourth-order valence-corrected chi connectivity index (χ4v) is 1.59. The van der Waals surface area contributed by atoms with Crippen molar-refractivity contribution in [3.05, 3.63) is 0 Å². The Morgan fingerprint density at radius 3 is 2.14 bits per heavy atom. The highest BCUT2D eigenvalue weighted by Crippen LogP contribution is 1.93. The molecule has 0 amide bonds. The average molecular weight is 222 g/mol. The normalized spacial score (nSPS) is 12.3. The van der Waals surface area contributed by atoms with Crippen LogP contribution in [0.3, 0.4) is 0 Å². The summed E-state index contributed by atoms with van der Waals surface area (Å²) in [4.78, 5) is 0. The lowest BCUT2D eigenvalue weighted by Crippen LogP contribution is -2.25. The zero-order valence-electron chi connectivity index (χ0n) is 9.34. The van der Waals surface area contributed by atoms with Gasteiger partial charge in [0.15, 0.2) is 0 Å². The third-order valence-electron chi connectivity index (χ3n) is 1.77. The predicted octanol–water partition coefficient (Wildman–Crippen LogP) is 0.704. The fraction of sp³-hybridized carbons (Fsp3) is 1.00. The van der Waals surface area contributed by atoms with Gasteiger partial charge in [-0.05, 0) is 19.4 Å². The minimum absolute atomic E-state index is 0.532. The molecule has 0 fully saturated rings. The molecule has 14 heavy (non-hydrogen) atoms. The molecular formula is C9H22N2O2S. The van der Waals surface area contributed by atoms with Crippen LogP contribution < -0.4 is 10.0 Å². The number of nitrogens with one attached hydrogen (secondary N) is 2. The van der Waals surface area contributed by atoms with Crippen molar-refractivity contribution in [1.29, 1.82) is 0 Å². The van der Waals surface area contributed by atoms with Crippen molar-refractivity contribution >= 4 is 10.0 Å². The third-order valence-corrected chi connectivity index (χ3v) is 2.50. The molecule has 0 heterocycles. The lowest BCUT2D eigenvalue weighted by Gasteiger charge is -2.07. The van der Waals surface area contributed by atoms with E-state index in [1.165, 1.54) is 6.26 Å². The van der Waals surface area contributed by atoms with E-state index in [-0.39, 0.29) is 0 Å². The molecule has 0 unspecified atom stereocenters. The van der Waals surface area contributed by atoms with Gasteiger partial charge in [-0.15, -0.1) is 0 Å². The van der Waals surface area contributed by atoms with E-state index in [2.05, 4.69) is 23.9 Å². The monoisotopic (exact) mass is 222 g/mol. The molecule has 2 N–H and O–H groups in total. The first-order valence-corrected chi connectivity index (χ1v) is 6.99. The number of sulfonamides is 1. The molecule has 0 radical (unpaired) electrons. The van der Waals surface area contributed by atoms with Gasteiger partial charge in [-0.1, -0.05) is 20.3 Å². The molecule has 5 heteroatoms. The maximum atomic E-state index is 10.7. The summed E-state index contributed by atoms with van der Waals surface area (Å²) >= 11 is 0. The maximum absolute atomic E-state index is 10.7. The van der Waals surface area contributed by atoms with Crippen molar-refractivity contribution in [2.24, 2.45) is 0 Å². The SMILES string of the molecule is CC(C)NCCCCCNS(C)(=O)=O. The highest BCUT2D eigenvalue weighted by molar-refractivity contribution is 7.88. The lowest BCUT2D eigenvalue weighted by molar-refractivity contribution is 0.543. The lowest BCUT2D eigenvalue weighted by atomic mass is 10.2. The Labute approximate surface area is 87.5 Å². The number of rotatable bonds is 8. The van der Waals surface area contributed by atoms with Gasteiger partial charge in [0.2, 0.25) is 10.0 Å². The Morgan fingerprint density at radius 1 is 1.07 bits per heavy atom. The third kappa shape index (κ3) is 11.9. The highest BCUT2D eigenvalue weighted by atomic mass is 32.2. The Kier molecular flexibility index (Phi) is 7.13. The zero-order valence-corrected chi connectivity index (χ0v) is 10.2. The summed E-state index contributed by atoms with van der Waals surface area (Å²) < 4.78 is 23.8. The first-order valence-electron chi connectivity index (χ1n) is 5.10. The summed E-state index contributed by atoms with van der Waals surface area (Å²) in [6.45, 7) is 5.80. The summed E-state index contributed by atoms with van der Waals surface area (Å²) in [6.07, 6.45) is 4.26. The quantitative estimate of drug-likeness (QED) is 0.595. The highest BCUT2D eigenvalue weighted by Gasteiger charge is 1.98. The molecule has 86 valence electrons. The van der Waals surface area contributed by atoms with E-state index < -0.39 is 10.0 Å². The van der Waals surface area contributed by atoms with Crippen molar-refractivity contribution < 1.29 is 8.42 Å². The van der Waals surface area contributed by atoms with E-state index in [1.54, 1.807) is 0 Å². The number of hydrogen-bond donors (Lipinski definition) is 2. The van der Waals surface area contributed by atoms with Crippen molar-refractivity contribution in [2.75, 3.05) is 19.3 Å². The van der Waals surface area contributed by atoms with Gasteiger partial charge in [0.25, 0.3) is 0 Å². The molecule has 0 aliphatic rings. The van der Waals surface area contributed by atoms with Crippen LogP contribution >= 0.6 is 0 Å². The molecule has 0 bridgehead atoms. The molecule has 0 aromatic heterocycles. The molecule has 0 rings (SSSR count). The van der Waals surface area contributed by atoms with Crippen LogP contribution in [0.15, 0.2) is 0 Å². The van der Waals surface area contributed by atoms with Crippen LogP contribution in [-0.2, 0) is 10.0 Å². The van der Waals surface area contributed by atoms with Crippen molar-refractivity contribution in [3.63, 3.8) is 0 Å². The van der Waals surface area contributed by atoms with Crippen LogP contribution in [0.5, 0.6) is 0 Å². The molecular weight excluding hydrogens is 200 g/mol. The Morgan fingerprint density at radius 2 is 1.64 bits per heavy atom. The van der Waals surface area contributed by atoms with E-state index in [0.29, 0.717) is 12.6 Å². The van der Waals surface area contributed by atoms with Gasteiger partial charge in [-0.2, -0.15) is 0 Å². The van der Waals surface area contributed by atoms with Gasteiger partial charge in [0.05, 0.1) is 6.26 Å². The summed E-state index contributed by atoms with van der Waals surface area (Å²) in [7, 11) is -3.00. The van der Waals surface area contributed by atoms with E-state index in [9.17, 15) is 8.42 Å². The van der Waals surface area contributed by atoms with Crippen LogP contribution in [0.4, 0.5) is 0 Å². The van der Waals surface area contributed by atoms with Crippen LogP contribution in [0.2, 0.25) is 0 Å². The first kappa shape index (κ1) is 13.9. The van der Waals surface area contributed by atoms with E-state index in [4.69, 9.17) is 0 Å². The van der Waals surface area contributed by atoms with Crippen LogP contribution in [0.25, 0.3) is 0 Å². The second kappa shape index (κ2) is 7.20. The maximum Gasteiger partial charge on any atom is 0.208 e. The van der Waals surface area contributed by atoms with Crippen LogP contribution in [0, 0.1) is 0 Å². The molecule has 4 nitrogen and oxygen atoms in total. The summed E-state index contributed by atoms with van der Waals surface area (Å²) in [5.74, 6) is 0. The first-order chi connectivity index (χ1) is 6.42. The standard InChI is InChI=1S/C9H22N2O2S/c1-9(2)10-7-5-4-6-8-11-14(3,12)13/h9-11H,4-8H2,1-3H3. The van der Waals surface area contributed by atoms with Crippen molar-refractivity contribution in [3.8, 4) is 0 Å². The number of unbranched alkanes of at least 4 members (excludes halogenated alkanes) is 2. The van der Waals surface area contributed by atoms with Crippen molar-refractivity contribution in [2.45, 2.75) is 39.2 Å². The smallest absolute Gasteiger partial charge is 0.208 e. The number of hydrogen-bond acceptors (Lipinski definition) is 3. The Hall–Kier alpha value is -0.130. The molecule has 0 aromatic rings. The summed E-state index contributed by atoms with van der Waals surface area (Å²) in [5, 5.41) is 3.31. The van der Waals surface area contributed by atoms with E-state index in [1.807, 2.05) is 0 Å². The summed E-state index contributed by atoms with van der Waals surface area (Å²) in [6, 6.07) is 0.532. The zero-order chi connectivity index (χ0) is 11.0. The largest absolute Gasteiger partial charge is 0.315 e. The van der Waals surface area contributed by atoms with Crippen LogP contribution in [-0.4, -0.2) is 33.8 Å². The Bertz CT molecular complexity index is 225. The van der Waals surface area contributed by atoms with Gasteiger partial charge in [-0.25, -0.2) is 13.1 Å². The van der Waals surface area contributed by atoms with Gasteiger partial charge >= 0.3 is 0 Å². The van der Waals surface area contributed by atoms with Crippen LogP contribution in [0.1, 0.15) is 33.1 Å². The van der Waals surface area contributed by atoms with Gasteiger partial charge in [0, 0.05) is 12.6 Å². The van der Waals surface area contributed by atoms with Gasteiger partial charge < -0.3 is 5.32 Å². The molecule has 0 aliphatic carbocycles. The second-order valence-corrected chi connectivity index (χ2v) is 5.67. The molecule has 0 spiro atoms. The van der Waals surface area contributed by atoms with E-state index in [0.717, 1.165) is 25.8 Å². The molecule has 0 saturated carbocycles. The molecule has 0 saturated heterocycles. The van der Waals surface area contributed by atoms with Crippen molar-refractivity contribution in [1.82, 2.24) is 10.0 Å². The second-order valence-electron chi connectivity index (χ2n) is 3.84. The average Bonchev–Trinajstić information content (AvgIpc) is 2.00.